The van der Waals surface area contributed by atoms with Gasteiger partial charge in [0.1, 0.15) is 0 Å². The molecule has 2 aromatic rings. The van der Waals surface area contributed by atoms with Gasteiger partial charge in [-0.15, -0.1) is 11.3 Å². The van der Waals surface area contributed by atoms with E-state index in [-0.39, 0.29) is 0 Å². The Balaban J connectivity index is 2.14. The first kappa shape index (κ1) is 11.0. The van der Waals surface area contributed by atoms with Crippen molar-refractivity contribution in [3.05, 3.63) is 35.7 Å². The summed E-state index contributed by atoms with van der Waals surface area (Å²) in [7, 11) is 0. The molecule has 1 aromatic heterocycles. The van der Waals surface area contributed by atoms with Gasteiger partial charge in [-0.05, 0) is 6.42 Å². The molecule has 0 fully saturated rings. The first-order valence-electron chi connectivity index (χ1n) is 5.43. The van der Waals surface area contributed by atoms with Crippen LogP contribution in [0.4, 0.5) is 5.13 Å². The summed E-state index contributed by atoms with van der Waals surface area (Å²) in [6.45, 7) is 2.14. The van der Waals surface area contributed by atoms with Crippen molar-refractivity contribution in [2.24, 2.45) is 4.99 Å². The van der Waals surface area contributed by atoms with Crippen LogP contribution in [0.5, 0.6) is 0 Å². The second kappa shape index (κ2) is 5.56. The number of unbranched alkanes of at least 4 members (excludes halogenated alkanes) is 1. The largest absolute Gasteiger partial charge is 0.232 e. The van der Waals surface area contributed by atoms with Gasteiger partial charge in [0.25, 0.3) is 0 Å². The number of benzene rings is 1. The highest BCUT2D eigenvalue weighted by molar-refractivity contribution is 7.13. The molecule has 1 aromatic carbocycles. The molecule has 0 amide bonds. The highest BCUT2D eigenvalue weighted by atomic mass is 32.1. The molecular weight excluding hydrogens is 216 g/mol. The molecule has 0 unspecified atom stereocenters. The maximum atomic E-state index is 4.47. The molecule has 0 saturated carbocycles. The van der Waals surface area contributed by atoms with Crippen LogP contribution in [0.15, 0.2) is 40.7 Å². The summed E-state index contributed by atoms with van der Waals surface area (Å²) < 4.78 is 0. The molecule has 0 spiro atoms. The maximum Gasteiger partial charge on any atom is 0.209 e. The normalized spacial score (nSPS) is 11.1. The van der Waals surface area contributed by atoms with Crippen LogP contribution in [0.1, 0.15) is 19.8 Å². The minimum absolute atomic E-state index is 0.840. The van der Waals surface area contributed by atoms with E-state index >= 15 is 0 Å². The summed E-state index contributed by atoms with van der Waals surface area (Å²) in [5, 5.41) is 2.89. The zero-order valence-corrected chi connectivity index (χ0v) is 10.1. The lowest BCUT2D eigenvalue weighted by Gasteiger charge is -1.93. The molecule has 0 aliphatic heterocycles. The van der Waals surface area contributed by atoms with E-state index in [4.69, 9.17) is 0 Å². The number of aromatic nitrogens is 1. The number of thiazole rings is 1. The standard InChI is InChI=1S/C13H14N2S/c1-2-3-9-14-13-15-12(10-16-13)11-7-5-4-6-8-11/h4-10H,2-3H2,1H3/b14-9+. The lowest BCUT2D eigenvalue weighted by molar-refractivity contribution is 1.01. The van der Waals surface area contributed by atoms with E-state index in [1.54, 1.807) is 11.3 Å². The summed E-state index contributed by atoms with van der Waals surface area (Å²) in [5.74, 6) is 0. The van der Waals surface area contributed by atoms with Crippen LogP contribution >= 0.6 is 11.3 Å². The van der Waals surface area contributed by atoms with Crippen LogP contribution in [0.2, 0.25) is 0 Å². The van der Waals surface area contributed by atoms with Crippen LogP contribution < -0.4 is 0 Å². The third-order valence-electron chi connectivity index (χ3n) is 2.18. The molecule has 0 N–H and O–H groups in total. The first-order chi connectivity index (χ1) is 7.90. The molecule has 2 nitrogen and oxygen atoms in total. The number of aliphatic imine (C=N–C) groups is 1. The fourth-order valence-corrected chi connectivity index (χ4v) is 2.03. The van der Waals surface area contributed by atoms with Crippen molar-refractivity contribution in [2.75, 3.05) is 0 Å². The summed E-state index contributed by atoms with van der Waals surface area (Å²) >= 11 is 1.59. The van der Waals surface area contributed by atoms with Crippen LogP contribution in [0.25, 0.3) is 11.3 Å². The molecule has 2 rings (SSSR count). The molecule has 0 aliphatic rings. The number of hydrogen-bond donors (Lipinski definition) is 0. The Bertz CT molecular complexity index is 460. The molecule has 1 heterocycles. The Morgan fingerprint density at radius 1 is 1.31 bits per heavy atom. The lowest BCUT2D eigenvalue weighted by atomic mass is 10.2. The fourth-order valence-electron chi connectivity index (χ4n) is 1.34. The molecule has 3 heteroatoms. The van der Waals surface area contributed by atoms with Crippen molar-refractivity contribution < 1.29 is 0 Å². The van der Waals surface area contributed by atoms with E-state index in [2.05, 4.69) is 29.0 Å². The molecular formula is C13H14N2S. The lowest BCUT2D eigenvalue weighted by Crippen LogP contribution is -1.75. The van der Waals surface area contributed by atoms with Crippen molar-refractivity contribution >= 4 is 22.7 Å². The minimum Gasteiger partial charge on any atom is -0.232 e. The summed E-state index contributed by atoms with van der Waals surface area (Å²) in [6.07, 6.45) is 4.08. The number of nitrogens with zero attached hydrogens (tertiary/aromatic N) is 2. The Morgan fingerprint density at radius 3 is 2.88 bits per heavy atom. The van der Waals surface area contributed by atoms with Crippen LogP contribution in [-0.2, 0) is 0 Å². The van der Waals surface area contributed by atoms with E-state index < -0.39 is 0 Å². The van der Waals surface area contributed by atoms with Gasteiger partial charge in [0, 0.05) is 17.2 Å². The third kappa shape index (κ3) is 2.76. The summed E-state index contributed by atoms with van der Waals surface area (Å²) in [6, 6.07) is 10.2. The van der Waals surface area contributed by atoms with E-state index in [9.17, 15) is 0 Å². The Labute approximate surface area is 99.7 Å². The predicted octanol–water partition coefficient (Wildman–Crippen LogP) is 4.31. The highest BCUT2D eigenvalue weighted by Gasteiger charge is 2.01. The smallest absolute Gasteiger partial charge is 0.209 e. The number of hydrogen-bond acceptors (Lipinski definition) is 3. The SMILES string of the molecule is CCC/C=N/c1nc(-c2ccccc2)cs1. The molecule has 0 saturated heterocycles. The first-order valence-corrected chi connectivity index (χ1v) is 6.31. The van der Waals surface area contributed by atoms with Gasteiger partial charge in [-0.3, -0.25) is 0 Å². The van der Waals surface area contributed by atoms with Crippen LogP contribution in [0, 0.1) is 0 Å². The highest BCUT2D eigenvalue weighted by Crippen LogP contribution is 2.26. The van der Waals surface area contributed by atoms with Gasteiger partial charge in [0.05, 0.1) is 5.69 Å². The van der Waals surface area contributed by atoms with Gasteiger partial charge in [-0.25, -0.2) is 9.98 Å². The second-order valence-corrected chi connectivity index (χ2v) is 4.32. The van der Waals surface area contributed by atoms with Crippen molar-refractivity contribution in [2.45, 2.75) is 19.8 Å². The van der Waals surface area contributed by atoms with E-state index in [1.165, 1.54) is 0 Å². The van der Waals surface area contributed by atoms with Gasteiger partial charge in [0.2, 0.25) is 5.13 Å². The van der Waals surface area contributed by atoms with Crippen LogP contribution in [-0.4, -0.2) is 11.2 Å². The quantitative estimate of drug-likeness (QED) is 0.718. The van der Waals surface area contributed by atoms with Gasteiger partial charge >= 0.3 is 0 Å². The zero-order valence-electron chi connectivity index (χ0n) is 9.26. The molecule has 0 bridgehead atoms. The fraction of sp³-hybridized carbons (Fsp3) is 0.231. The van der Waals surface area contributed by atoms with Crippen LogP contribution in [0.3, 0.4) is 0 Å². The van der Waals surface area contributed by atoms with Crippen molar-refractivity contribution in [1.29, 1.82) is 0 Å². The topological polar surface area (TPSA) is 25.2 Å². The number of rotatable bonds is 4. The Kier molecular flexibility index (Phi) is 3.83. The average molecular weight is 230 g/mol. The van der Waals surface area contributed by atoms with Crippen molar-refractivity contribution in [3.63, 3.8) is 0 Å². The van der Waals surface area contributed by atoms with E-state index in [0.29, 0.717) is 0 Å². The van der Waals surface area contributed by atoms with Gasteiger partial charge in [-0.2, -0.15) is 0 Å². The maximum absolute atomic E-state index is 4.47. The van der Waals surface area contributed by atoms with Crippen molar-refractivity contribution in [3.8, 4) is 11.3 Å². The Hall–Kier alpha value is -1.48. The van der Waals surface area contributed by atoms with Gasteiger partial charge < -0.3 is 0 Å². The molecule has 0 radical (unpaired) electrons. The van der Waals surface area contributed by atoms with Gasteiger partial charge in [0.15, 0.2) is 0 Å². The summed E-state index contributed by atoms with van der Waals surface area (Å²) in [4.78, 5) is 8.80. The minimum atomic E-state index is 0.840. The molecule has 82 valence electrons. The Morgan fingerprint density at radius 2 is 2.12 bits per heavy atom. The zero-order chi connectivity index (χ0) is 11.2. The monoisotopic (exact) mass is 230 g/mol. The summed E-state index contributed by atoms with van der Waals surface area (Å²) in [5.41, 5.74) is 2.16. The molecule has 16 heavy (non-hydrogen) atoms. The third-order valence-corrected chi connectivity index (χ3v) is 2.93. The van der Waals surface area contributed by atoms with Crippen molar-refractivity contribution in [1.82, 2.24) is 4.98 Å². The molecule has 0 atom stereocenters. The van der Waals surface area contributed by atoms with E-state index in [1.807, 2.05) is 29.8 Å². The predicted molar refractivity (Wildman–Crippen MR) is 70.6 cm³/mol. The average Bonchev–Trinajstić information content (AvgIpc) is 2.79. The van der Waals surface area contributed by atoms with Gasteiger partial charge in [-0.1, -0.05) is 43.7 Å². The van der Waals surface area contributed by atoms with E-state index in [0.717, 1.165) is 29.2 Å². The molecule has 0 aliphatic carbocycles. The second-order valence-electron chi connectivity index (χ2n) is 3.48.